The lowest BCUT2D eigenvalue weighted by atomic mass is 9.98. The van der Waals surface area contributed by atoms with E-state index >= 15 is 0 Å². The van der Waals surface area contributed by atoms with Crippen LogP contribution in [-0.4, -0.2) is 24.3 Å². The summed E-state index contributed by atoms with van der Waals surface area (Å²) in [7, 11) is 0. The van der Waals surface area contributed by atoms with Crippen LogP contribution in [0.15, 0.2) is 36.4 Å². The number of hydrogen-bond acceptors (Lipinski definition) is 4. The zero-order chi connectivity index (χ0) is 16.8. The molecule has 0 aromatic heterocycles. The molecule has 2 aromatic carbocycles. The average molecular weight is 314 g/mol. The van der Waals surface area contributed by atoms with Gasteiger partial charge >= 0.3 is 5.97 Å². The summed E-state index contributed by atoms with van der Waals surface area (Å²) in [5, 5.41) is 9.26. The molecule has 0 radical (unpaired) electrons. The number of hydrogen-bond donors (Lipinski definition) is 1. The van der Waals surface area contributed by atoms with Gasteiger partial charge in [0.15, 0.2) is 6.61 Å². The summed E-state index contributed by atoms with van der Waals surface area (Å²) in [6, 6.07) is 11.8. The zero-order valence-corrected chi connectivity index (χ0v) is 13.8. The maximum atomic E-state index is 11.4. The van der Waals surface area contributed by atoms with Crippen molar-refractivity contribution >= 4 is 5.97 Å². The van der Waals surface area contributed by atoms with Crippen molar-refractivity contribution < 1.29 is 19.4 Å². The van der Waals surface area contributed by atoms with Gasteiger partial charge in [0.1, 0.15) is 5.75 Å². The summed E-state index contributed by atoms with van der Waals surface area (Å²) in [5.41, 5.74) is 4.89. The van der Waals surface area contributed by atoms with E-state index < -0.39 is 0 Å². The average Bonchev–Trinajstić information content (AvgIpc) is 2.54. The first-order valence-corrected chi connectivity index (χ1v) is 7.65. The Kier molecular flexibility index (Phi) is 5.77. The van der Waals surface area contributed by atoms with Crippen molar-refractivity contribution in [2.45, 2.75) is 27.4 Å². The monoisotopic (exact) mass is 314 g/mol. The molecule has 4 nitrogen and oxygen atoms in total. The molecule has 0 amide bonds. The van der Waals surface area contributed by atoms with Gasteiger partial charge in [0, 0.05) is 0 Å². The molecule has 0 aliphatic heterocycles. The molecule has 2 aromatic rings. The lowest BCUT2D eigenvalue weighted by Gasteiger charge is -2.14. The number of carbonyl (C=O) groups is 1. The number of rotatable bonds is 6. The molecule has 23 heavy (non-hydrogen) atoms. The van der Waals surface area contributed by atoms with Gasteiger partial charge in [-0.25, -0.2) is 4.79 Å². The van der Waals surface area contributed by atoms with Crippen molar-refractivity contribution in [3.63, 3.8) is 0 Å². The molecule has 0 spiro atoms. The van der Waals surface area contributed by atoms with Crippen LogP contribution in [-0.2, 0) is 16.1 Å². The third-order valence-corrected chi connectivity index (χ3v) is 3.54. The van der Waals surface area contributed by atoms with Crippen LogP contribution in [0.2, 0.25) is 0 Å². The lowest BCUT2D eigenvalue weighted by Crippen LogP contribution is -2.15. The first-order valence-electron chi connectivity index (χ1n) is 7.65. The van der Waals surface area contributed by atoms with Crippen molar-refractivity contribution in [3.8, 4) is 16.9 Å². The molecule has 0 heterocycles. The predicted molar refractivity (Wildman–Crippen MR) is 89.4 cm³/mol. The lowest BCUT2D eigenvalue weighted by molar-refractivity contribution is -0.145. The number of carbonyl (C=O) groups excluding carboxylic acids is 1. The van der Waals surface area contributed by atoms with Gasteiger partial charge < -0.3 is 14.6 Å². The largest absolute Gasteiger partial charge is 0.481 e. The molecule has 122 valence electrons. The van der Waals surface area contributed by atoms with E-state index in [-0.39, 0.29) is 19.2 Å². The molecule has 0 saturated carbocycles. The maximum Gasteiger partial charge on any atom is 0.344 e. The van der Waals surface area contributed by atoms with Gasteiger partial charge in [-0.2, -0.15) is 0 Å². The third-order valence-electron chi connectivity index (χ3n) is 3.54. The van der Waals surface area contributed by atoms with Gasteiger partial charge in [0.05, 0.1) is 13.2 Å². The fourth-order valence-corrected chi connectivity index (χ4v) is 2.53. The van der Waals surface area contributed by atoms with Crippen LogP contribution < -0.4 is 4.74 Å². The fraction of sp³-hybridized carbons (Fsp3) is 0.316. The van der Waals surface area contributed by atoms with Crippen LogP contribution >= 0.6 is 0 Å². The van der Waals surface area contributed by atoms with Crippen molar-refractivity contribution in [1.29, 1.82) is 0 Å². The highest BCUT2D eigenvalue weighted by Gasteiger charge is 2.11. The minimum absolute atomic E-state index is 0.0204. The molecular weight excluding hydrogens is 292 g/mol. The van der Waals surface area contributed by atoms with Crippen LogP contribution in [0.1, 0.15) is 23.6 Å². The predicted octanol–water partition coefficient (Wildman–Crippen LogP) is 3.40. The minimum Gasteiger partial charge on any atom is -0.481 e. The van der Waals surface area contributed by atoms with Crippen LogP contribution in [0.5, 0.6) is 5.75 Å². The SMILES string of the molecule is CCOC(=O)COc1c(C)cc(-c2cccc(CO)c2)cc1C. The summed E-state index contributed by atoms with van der Waals surface area (Å²) in [6.45, 7) is 5.95. The number of esters is 1. The number of aryl methyl sites for hydroxylation is 2. The van der Waals surface area contributed by atoms with Crippen LogP contribution in [0, 0.1) is 13.8 Å². The second-order valence-electron chi connectivity index (χ2n) is 5.39. The summed E-state index contributed by atoms with van der Waals surface area (Å²) in [4.78, 5) is 11.4. The molecule has 0 bridgehead atoms. The van der Waals surface area contributed by atoms with Crippen LogP contribution in [0.25, 0.3) is 11.1 Å². The van der Waals surface area contributed by atoms with Gasteiger partial charge in [-0.05, 0) is 66.8 Å². The Morgan fingerprint density at radius 2 is 1.78 bits per heavy atom. The molecule has 0 atom stereocenters. The molecule has 0 aliphatic rings. The van der Waals surface area contributed by atoms with Crippen molar-refractivity contribution in [2.24, 2.45) is 0 Å². The summed E-state index contributed by atoms with van der Waals surface area (Å²) in [5.74, 6) is 0.339. The highest BCUT2D eigenvalue weighted by molar-refractivity contribution is 5.72. The van der Waals surface area contributed by atoms with E-state index in [2.05, 4.69) is 0 Å². The zero-order valence-electron chi connectivity index (χ0n) is 13.8. The highest BCUT2D eigenvalue weighted by Crippen LogP contribution is 2.30. The number of ether oxygens (including phenoxy) is 2. The Morgan fingerprint density at radius 1 is 1.09 bits per heavy atom. The smallest absolute Gasteiger partial charge is 0.344 e. The summed E-state index contributed by atoms with van der Waals surface area (Å²) in [6.07, 6.45) is 0. The van der Waals surface area contributed by atoms with E-state index in [1.807, 2.05) is 50.2 Å². The number of aliphatic hydroxyl groups excluding tert-OH is 1. The first kappa shape index (κ1) is 17.0. The Labute approximate surface area is 136 Å². The van der Waals surface area contributed by atoms with E-state index in [1.165, 1.54) is 0 Å². The molecule has 4 heteroatoms. The second kappa shape index (κ2) is 7.79. The normalized spacial score (nSPS) is 10.4. The van der Waals surface area contributed by atoms with E-state index in [4.69, 9.17) is 9.47 Å². The Hall–Kier alpha value is -2.33. The molecule has 0 unspecified atom stereocenters. The second-order valence-corrected chi connectivity index (χ2v) is 5.39. The molecule has 2 rings (SSSR count). The van der Waals surface area contributed by atoms with Crippen LogP contribution in [0.3, 0.4) is 0 Å². The number of aliphatic hydroxyl groups is 1. The van der Waals surface area contributed by atoms with Gasteiger partial charge in [-0.1, -0.05) is 18.2 Å². The Morgan fingerprint density at radius 3 is 2.39 bits per heavy atom. The van der Waals surface area contributed by atoms with Crippen molar-refractivity contribution in [3.05, 3.63) is 53.1 Å². The first-order chi connectivity index (χ1) is 11.0. The van der Waals surface area contributed by atoms with Gasteiger partial charge in [-0.3, -0.25) is 0 Å². The third kappa shape index (κ3) is 4.33. The van der Waals surface area contributed by atoms with E-state index in [0.29, 0.717) is 12.4 Å². The summed E-state index contributed by atoms with van der Waals surface area (Å²) < 4.78 is 10.5. The van der Waals surface area contributed by atoms with E-state index in [0.717, 1.165) is 27.8 Å². The molecule has 1 N–H and O–H groups in total. The van der Waals surface area contributed by atoms with Gasteiger partial charge in [0.25, 0.3) is 0 Å². The molecular formula is C19H22O4. The Bertz CT molecular complexity index is 669. The fourth-order valence-electron chi connectivity index (χ4n) is 2.53. The topological polar surface area (TPSA) is 55.8 Å². The van der Waals surface area contributed by atoms with E-state index in [1.54, 1.807) is 6.92 Å². The quantitative estimate of drug-likeness (QED) is 0.830. The summed E-state index contributed by atoms with van der Waals surface area (Å²) >= 11 is 0. The Balaban J connectivity index is 2.24. The highest BCUT2D eigenvalue weighted by atomic mass is 16.6. The molecule has 0 fully saturated rings. The minimum atomic E-state index is -0.369. The van der Waals surface area contributed by atoms with Crippen molar-refractivity contribution in [2.75, 3.05) is 13.2 Å². The van der Waals surface area contributed by atoms with Gasteiger partial charge in [0.2, 0.25) is 0 Å². The number of benzene rings is 2. The van der Waals surface area contributed by atoms with Gasteiger partial charge in [-0.15, -0.1) is 0 Å². The molecule has 0 aliphatic carbocycles. The maximum absolute atomic E-state index is 11.4. The molecule has 0 saturated heterocycles. The van der Waals surface area contributed by atoms with Crippen LogP contribution in [0.4, 0.5) is 0 Å². The van der Waals surface area contributed by atoms with E-state index in [9.17, 15) is 9.90 Å². The van der Waals surface area contributed by atoms with Crippen molar-refractivity contribution in [1.82, 2.24) is 0 Å². The standard InChI is InChI=1S/C19H22O4/c1-4-22-18(21)12-23-19-13(2)8-17(9-14(19)3)16-7-5-6-15(10-16)11-20/h5-10,20H,4,11-12H2,1-3H3.